The fourth-order valence-electron chi connectivity index (χ4n) is 3.91. The Hall–Kier alpha value is -1.98. The molecule has 1 fully saturated rings. The summed E-state index contributed by atoms with van der Waals surface area (Å²) in [7, 11) is 0. The number of nitrogens with zero attached hydrogens (tertiary/aromatic N) is 1. The molecule has 2 aromatic carbocycles. The van der Waals surface area contributed by atoms with Crippen molar-refractivity contribution in [3.8, 4) is 5.75 Å². The Morgan fingerprint density at radius 3 is 2.43 bits per heavy atom. The molecule has 3 nitrogen and oxygen atoms in total. The van der Waals surface area contributed by atoms with Crippen molar-refractivity contribution in [2.45, 2.75) is 51.9 Å². The molecule has 0 aromatic heterocycles. The van der Waals surface area contributed by atoms with Crippen LogP contribution in [0, 0.1) is 11.7 Å². The topological polar surface area (TPSA) is 24.5 Å². The van der Waals surface area contributed by atoms with Gasteiger partial charge in [-0.2, -0.15) is 0 Å². The van der Waals surface area contributed by atoms with Gasteiger partial charge in [-0.05, 0) is 73.7 Å². The Bertz CT molecular complexity index is 749. The summed E-state index contributed by atoms with van der Waals surface area (Å²) < 4.78 is 33.6. The number of aryl methyl sites for hydroxylation is 1. The van der Waals surface area contributed by atoms with E-state index in [9.17, 15) is 8.78 Å². The molecule has 0 radical (unpaired) electrons. The van der Waals surface area contributed by atoms with Gasteiger partial charge in [-0.1, -0.05) is 38.1 Å². The minimum absolute atomic E-state index is 0.0943. The first-order chi connectivity index (χ1) is 14.5. The van der Waals surface area contributed by atoms with Crippen LogP contribution in [0.1, 0.15) is 37.8 Å². The van der Waals surface area contributed by atoms with E-state index < -0.39 is 6.17 Å². The van der Waals surface area contributed by atoms with Crippen molar-refractivity contribution in [2.24, 2.45) is 5.92 Å². The zero-order valence-electron chi connectivity index (χ0n) is 18.1. The lowest BCUT2D eigenvalue weighted by Crippen LogP contribution is -2.51. The summed E-state index contributed by atoms with van der Waals surface area (Å²) >= 11 is 0. The van der Waals surface area contributed by atoms with Crippen LogP contribution in [0.5, 0.6) is 5.75 Å². The van der Waals surface area contributed by atoms with Crippen molar-refractivity contribution < 1.29 is 13.5 Å². The van der Waals surface area contributed by atoms with Gasteiger partial charge in [0, 0.05) is 19.1 Å². The summed E-state index contributed by atoms with van der Waals surface area (Å²) in [6.45, 7) is 7.69. The first kappa shape index (κ1) is 22.7. The van der Waals surface area contributed by atoms with Crippen molar-refractivity contribution in [1.29, 1.82) is 0 Å². The summed E-state index contributed by atoms with van der Waals surface area (Å²) in [4.78, 5) is 2.23. The van der Waals surface area contributed by atoms with E-state index >= 15 is 0 Å². The lowest BCUT2D eigenvalue weighted by Gasteiger charge is -2.37. The number of alkyl halides is 1. The average molecular weight is 417 g/mol. The molecule has 0 amide bonds. The maximum Gasteiger partial charge on any atom is 0.128 e. The van der Waals surface area contributed by atoms with E-state index in [-0.39, 0.29) is 11.9 Å². The van der Waals surface area contributed by atoms with Gasteiger partial charge in [-0.25, -0.2) is 8.78 Å². The second-order valence-electron chi connectivity index (χ2n) is 8.63. The fourth-order valence-corrected chi connectivity index (χ4v) is 3.91. The van der Waals surface area contributed by atoms with Gasteiger partial charge in [0.1, 0.15) is 17.7 Å². The Kier molecular flexibility index (Phi) is 8.64. The molecule has 0 aliphatic carbocycles. The average Bonchev–Trinajstić information content (AvgIpc) is 2.74. The second kappa shape index (κ2) is 11.4. The molecule has 1 saturated heterocycles. The lowest BCUT2D eigenvalue weighted by atomic mass is 10.0. The van der Waals surface area contributed by atoms with Crippen LogP contribution < -0.4 is 10.1 Å². The van der Waals surface area contributed by atoms with Crippen LogP contribution in [0.4, 0.5) is 8.78 Å². The van der Waals surface area contributed by atoms with Crippen LogP contribution in [-0.2, 0) is 13.0 Å². The summed E-state index contributed by atoms with van der Waals surface area (Å²) in [6.07, 6.45) is 1.80. The number of rotatable bonds is 10. The van der Waals surface area contributed by atoms with Crippen LogP contribution in [0.2, 0.25) is 0 Å². The van der Waals surface area contributed by atoms with Crippen LogP contribution in [0.25, 0.3) is 0 Å². The summed E-state index contributed by atoms with van der Waals surface area (Å²) in [6, 6.07) is 14.7. The zero-order chi connectivity index (χ0) is 21.3. The molecule has 30 heavy (non-hydrogen) atoms. The smallest absolute Gasteiger partial charge is 0.128 e. The normalized spacial score (nSPS) is 19.4. The number of hydrogen-bond donors (Lipinski definition) is 1. The molecule has 0 saturated carbocycles. The van der Waals surface area contributed by atoms with Crippen molar-refractivity contribution >= 4 is 0 Å². The summed E-state index contributed by atoms with van der Waals surface area (Å²) in [5.74, 6) is 1.17. The van der Waals surface area contributed by atoms with Gasteiger partial charge in [0.25, 0.3) is 0 Å². The maximum atomic E-state index is 14.6. The molecule has 0 unspecified atom stereocenters. The molecular weight excluding hydrogens is 382 g/mol. The van der Waals surface area contributed by atoms with Crippen molar-refractivity contribution in [2.75, 3.05) is 26.2 Å². The van der Waals surface area contributed by atoms with Gasteiger partial charge in [-0.15, -0.1) is 0 Å². The quantitative estimate of drug-likeness (QED) is 0.590. The molecule has 1 aliphatic heterocycles. The molecule has 1 heterocycles. The number of nitrogens with one attached hydrogen (secondary N) is 1. The van der Waals surface area contributed by atoms with Crippen molar-refractivity contribution in [3.05, 3.63) is 65.5 Å². The third-order valence-corrected chi connectivity index (χ3v) is 5.56. The molecule has 164 valence electrons. The Morgan fingerprint density at radius 1 is 1.07 bits per heavy atom. The summed E-state index contributed by atoms with van der Waals surface area (Å²) in [5, 5.41) is 3.13. The third kappa shape index (κ3) is 7.06. The standard InChI is InChI=1S/C25H34F2N2O/c1-19(2)18-30-23-11-7-20(8-12-23)4-3-15-29(25-13-14-28-16-24(25)27)17-21-5-9-22(26)10-6-21/h5-12,19,24-25,28H,3-4,13-18H2,1-2H3/t24-,25+/m0/s1. The zero-order valence-corrected chi connectivity index (χ0v) is 18.1. The van der Waals surface area contributed by atoms with E-state index in [0.717, 1.165) is 50.3 Å². The largest absolute Gasteiger partial charge is 0.493 e. The van der Waals surface area contributed by atoms with Gasteiger partial charge in [0.2, 0.25) is 0 Å². The van der Waals surface area contributed by atoms with E-state index in [1.165, 1.54) is 17.7 Å². The molecule has 2 aromatic rings. The van der Waals surface area contributed by atoms with E-state index in [0.29, 0.717) is 19.0 Å². The van der Waals surface area contributed by atoms with Gasteiger partial charge >= 0.3 is 0 Å². The van der Waals surface area contributed by atoms with Crippen LogP contribution in [0.3, 0.4) is 0 Å². The molecule has 1 aliphatic rings. The molecule has 0 bridgehead atoms. The number of hydrogen-bond acceptors (Lipinski definition) is 3. The maximum absolute atomic E-state index is 14.6. The van der Waals surface area contributed by atoms with Crippen LogP contribution >= 0.6 is 0 Å². The fraction of sp³-hybridized carbons (Fsp3) is 0.520. The SMILES string of the molecule is CC(C)COc1ccc(CCCN(Cc2ccc(F)cc2)[C@@H]2CCNC[C@@H]2F)cc1. The number of benzene rings is 2. The molecule has 1 N–H and O–H groups in total. The number of halogens is 2. The number of ether oxygens (including phenoxy) is 1. The molecule has 0 spiro atoms. The minimum Gasteiger partial charge on any atom is -0.493 e. The van der Waals surface area contributed by atoms with E-state index in [1.807, 2.05) is 12.1 Å². The van der Waals surface area contributed by atoms with Gasteiger partial charge in [0.15, 0.2) is 0 Å². The van der Waals surface area contributed by atoms with Crippen LogP contribution in [0.15, 0.2) is 48.5 Å². The third-order valence-electron chi connectivity index (χ3n) is 5.56. The van der Waals surface area contributed by atoms with E-state index in [4.69, 9.17) is 4.74 Å². The second-order valence-corrected chi connectivity index (χ2v) is 8.63. The summed E-state index contributed by atoms with van der Waals surface area (Å²) in [5.41, 5.74) is 2.28. The number of piperidine rings is 1. The molecule has 5 heteroatoms. The Morgan fingerprint density at radius 2 is 1.77 bits per heavy atom. The van der Waals surface area contributed by atoms with E-state index in [1.54, 1.807) is 12.1 Å². The van der Waals surface area contributed by atoms with Crippen molar-refractivity contribution in [3.63, 3.8) is 0 Å². The first-order valence-electron chi connectivity index (χ1n) is 11.1. The predicted molar refractivity (Wildman–Crippen MR) is 118 cm³/mol. The highest BCUT2D eigenvalue weighted by molar-refractivity contribution is 5.27. The molecule has 2 atom stereocenters. The van der Waals surface area contributed by atoms with Gasteiger partial charge in [0.05, 0.1) is 6.61 Å². The highest BCUT2D eigenvalue weighted by Gasteiger charge is 2.29. The molecular formula is C25H34F2N2O. The van der Waals surface area contributed by atoms with Crippen LogP contribution in [-0.4, -0.2) is 43.4 Å². The predicted octanol–water partition coefficient (Wildman–Crippen LogP) is 5.00. The van der Waals surface area contributed by atoms with Gasteiger partial charge < -0.3 is 10.1 Å². The van der Waals surface area contributed by atoms with Crippen molar-refractivity contribution in [1.82, 2.24) is 10.2 Å². The first-order valence-corrected chi connectivity index (χ1v) is 11.1. The van der Waals surface area contributed by atoms with E-state index in [2.05, 4.69) is 36.2 Å². The highest BCUT2D eigenvalue weighted by atomic mass is 19.1. The molecule has 3 rings (SSSR count). The highest BCUT2D eigenvalue weighted by Crippen LogP contribution is 2.20. The lowest BCUT2D eigenvalue weighted by molar-refractivity contribution is 0.0773. The monoisotopic (exact) mass is 416 g/mol. The Balaban J connectivity index is 1.56. The van der Waals surface area contributed by atoms with Gasteiger partial charge in [-0.3, -0.25) is 4.90 Å². The minimum atomic E-state index is -0.878. The Labute approximate surface area is 179 Å².